The lowest BCUT2D eigenvalue weighted by molar-refractivity contribution is -0.146. The minimum absolute atomic E-state index is 0.124. The summed E-state index contributed by atoms with van der Waals surface area (Å²) in [7, 11) is 0. The third-order valence-electron chi connectivity index (χ3n) is 2.17. The van der Waals surface area contributed by atoms with Gasteiger partial charge in [0.2, 0.25) is 0 Å². The number of benzene rings is 1. The number of carboxylic acids is 1. The predicted octanol–water partition coefficient (Wildman–Crippen LogP) is 2.42. The third-order valence-corrected chi connectivity index (χ3v) is 2.91. The molecule has 92 valence electrons. The van der Waals surface area contributed by atoms with E-state index in [1.165, 1.54) is 18.2 Å². The number of ketones is 1. The number of hydrogen-bond acceptors (Lipinski definition) is 3. The molecule has 0 aliphatic heterocycles. The van der Waals surface area contributed by atoms with Gasteiger partial charge in [-0.05, 0) is 24.6 Å². The fourth-order valence-corrected chi connectivity index (χ4v) is 1.72. The Hall–Kier alpha value is -0.910. The van der Waals surface area contributed by atoms with Crippen molar-refractivity contribution in [3.05, 3.63) is 34.3 Å². The number of carbonyl (C=O) groups excluding carboxylic acids is 1. The van der Waals surface area contributed by atoms with Crippen molar-refractivity contribution in [1.82, 2.24) is 0 Å². The molecule has 4 nitrogen and oxygen atoms in total. The van der Waals surface area contributed by atoms with Crippen LogP contribution in [0.3, 0.4) is 0 Å². The normalized spacial score (nSPS) is 14.1. The van der Waals surface area contributed by atoms with Gasteiger partial charge in [-0.25, -0.2) is 4.79 Å². The largest absolute Gasteiger partial charge is 0.479 e. The predicted molar refractivity (Wildman–Crippen MR) is 66.8 cm³/mol. The minimum Gasteiger partial charge on any atom is -0.479 e. The standard InChI is InChI=1S/C11H10BrClO4/c1-5(12)9(14)7-4-6(2-3-8(7)13)10(15)11(16)17/h2-5,10,15H,1H3,(H,16,17). The molecular weight excluding hydrogens is 311 g/mol. The van der Waals surface area contributed by atoms with Crippen LogP contribution in [0.5, 0.6) is 0 Å². The molecule has 0 fully saturated rings. The van der Waals surface area contributed by atoms with Crippen molar-refractivity contribution in [2.24, 2.45) is 0 Å². The molecule has 0 spiro atoms. The molecule has 0 aromatic heterocycles. The lowest BCUT2D eigenvalue weighted by atomic mass is 10.0. The summed E-state index contributed by atoms with van der Waals surface area (Å²) in [5.74, 6) is -1.65. The van der Waals surface area contributed by atoms with Gasteiger partial charge in [0.05, 0.1) is 9.85 Å². The number of halogens is 2. The van der Waals surface area contributed by atoms with Crippen LogP contribution < -0.4 is 0 Å². The van der Waals surface area contributed by atoms with Crippen LogP contribution in [-0.2, 0) is 4.79 Å². The summed E-state index contributed by atoms with van der Waals surface area (Å²) < 4.78 is 0. The first kappa shape index (κ1) is 14.2. The molecule has 0 saturated heterocycles. The third kappa shape index (κ3) is 3.28. The van der Waals surface area contributed by atoms with Crippen LogP contribution in [0.1, 0.15) is 28.9 Å². The first-order valence-corrected chi connectivity index (χ1v) is 6.02. The number of hydrogen-bond donors (Lipinski definition) is 2. The Kier molecular flexibility index (Phi) is 4.68. The van der Waals surface area contributed by atoms with Gasteiger partial charge in [0.25, 0.3) is 0 Å². The topological polar surface area (TPSA) is 74.6 Å². The molecule has 6 heteroatoms. The van der Waals surface area contributed by atoms with Gasteiger partial charge in [-0.15, -0.1) is 0 Å². The lowest BCUT2D eigenvalue weighted by Crippen LogP contribution is -2.14. The Morgan fingerprint density at radius 1 is 1.41 bits per heavy atom. The average Bonchev–Trinajstić information content (AvgIpc) is 2.27. The van der Waals surface area contributed by atoms with Gasteiger partial charge in [-0.1, -0.05) is 33.6 Å². The van der Waals surface area contributed by atoms with Crippen molar-refractivity contribution in [3.63, 3.8) is 0 Å². The molecule has 0 amide bonds. The molecule has 1 aromatic rings. The van der Waals surface area contributed by atoms with Crippen molar-refractivity contribution in [2.45, 2.75) is 17.9 Å². The van der Waals surface area contributed by atoms with Crippen molar-refractivity contribution in [2.75, 3.05) is 0 Å². The van der Waals surface area contributed by atoms with Crippen LogP contribution in [0.15, 0.2) is 18.2 Å². The molecule has 0 bridgehead atoms. The number of rotatable bonds is 4. The molecule has 17 heavy (non-hydrogen) atoms. The number of aliphatic hydroxyl groups excluding tert-OH is 1. The SMILES string of the molecule is CC(Br)C(=O)c1cc(C(O)C(=O)O)ccc1Cl. The van der Waals surface area contributed by atoms with Gasteiger partial charge >= 0.3 is 5.97 Å². The number of Topliss-reactive ketones (excluding diaryl/α,β-unsaturated/α-hetero) is 1. The molecular formula is C11H10BrClO4. The fourth-order valence-electron chi connectivity index (χ4n) is 1.26. The van der Waals surface area contributed by atoms with E-state index in [0.29, 0.717) is 0 Å². The maximum absolute atomic E-state index is 11.7. The number of carboxylic acid groups (broad SMARTS) is 1. The van der Waals surface area contributed by atoms with E-state index < -0.39 is 16.9 Å². The van der Waals surface area contributed by atoms with E-state index >= 15 is 0 Å². The smallest absolute Gasteiger partial charge is 0.337 e. The summed E-state index contributed by atoms with van der Waals surface area (Å²) >= 11 is 8.96. The van der Waals surface area contributed by atoms with E-state index in [1.54, 1.807) is 6.92 Å². The zero-order chi connectivity index (χ0) is 13.2. The second-order valence-corrected chi connectivity index (χ2v) is 5.24. The van der Waals surface area contributed by atoms with Gasteiger partial charge in [0.1, 0.15) is 0 Å². The zero-order valence-electron chi connectivity index (χ0n) is 8.85. The molecule has 0 saturated carbocycles. The van der Waals surface area contributed by atoms with Crippen molar-refractivity contribution >= 4 is 39.3 Å². The number of carbonyl (C=O) groups is 2. The zero-order valence-corrected chi connectivity index (χ0v) is 11.2. The Morgan fingerprint density at radius 3 is 2.47 bits per heavy atom. The van der Waals surface area contributed by atoms with Gasteiger partial charge in [-0.2, -0.15) is 0 Å². The Balaban J connectivity index is 3.19. The van der Waals surface area contributed by atoms with Crippen LogP contribution in [0.2, 0.25) is 5.02 Å². The second kappa shape index (κ2) is 5.62. The van der Waals surface area contributed by atoms with Crippen molar-refractivity contribution in [1.29, 1.82) is 0 Å². The van der Waals surface area contributed by atoms with E-state index in [-0.39, 0.29) is 21.9 Å². The highest BCUT2D eigenvalue weighted by Gasteiger charge is 2.21. The average molecular weight is 322 g/mol. The number of alkyl halides is 1. The van der Waals surface area contributed by atoms with Crippen molar-refractivity contribution in [3.8, 4) is 0 Å². The Morgan fingerprint density at radius 2 is 2.00 bits per heavy atom. The maximum atomic E-state index is 11.7. The monoisotopic (exact) mass is 320 g/mol. The molecule has 0 aliphatic rings. The summed E-state index contributed by atoms with van der Waals surface area (Å²) in [6, 6.07) is 4.06. The molecule has 1 aromatic carbocycles. The minimum atomic E-state index is -1.66. The molecule has 2 N–H and O–H groups in total. The Bertz CT molecular complexity index is 459. The van der Waals surface area contributed by atoms with Crippen molar-refractivity contribution < 1.29 is 19.8 Å². The summed E-state index contributed by atoms with van der Waals surface area (Å²) in [6.07, 6.45) is -1.66. The highest BCUT2D eigenvalue weighted by molar-refractivity contribution is 9.10. The van der Waals surface area contributed by atoms with Crippen LogP contribution in [0.25, 0.3) is 0 Å². The van der Waals surface area contributed by atoms with E-state index in [0.717, 1.165) is 0 Å². The van der Waals surface area contributed by atoms with E-state index in [4.69, 9.17) is 16.7 Å². The van der Waals surface area contributed by atoms with E-state index in [9.17, 15) is 14.7 Å². The molecule has 1 rings (SSSR count). The molecule has 2 atom stereocenters. The number of aliphatic hydroxyl groups is 1. The summed E-state index contributed by atoms with van der Waals surface area (Å²) in [5.41, 5.74) is 0.312. The molecule has 0 radical (unpaired) electrons. The highest BCUT2D eigenvalue weighted by Crippen LogP contribution is 2.24. The fraction of sp³-hybridized carbons (Fsp3) is 0.273. The Labute approximate surface area is 111 Å². The maximum Gasteiger partial charge on any atom is 0.337 e. The summed E-state index contributed by atoms with van der Waals surface area (Å²) in [5, 5.41) is 18.3. The van der Waals surface area contributed by atoms with E-state index in [2.05, 4.69) is 15.9 Å². The van der Waals surface area contributed by atoms with Gasteiger partial charge in [0, 0.05) is 5.56 Å². The number of aliphatic carboxylic acids is 1. The van der Waals surface area contributed by atoms with Crippen LogP contribution in [0, 0.1) is 0 Å². The summed E-state index contributed by atoms with van der Waals surface area (Å²) in [4.78, 5) is 21.9. The molecule has 0 aliphatic carbocycles. The first-order chi connectivity index (χ1) is 7.84. The van der Waals surface area contributed by atoms with Gasteiger partial charge in [0.15, 0.2) is 11.9 Å². The van der Waals surface area contributed by atoms with Gasteiger partial charge in [-0.3, -0.25) is 4.79 Å². The lowest BCUT2D eigenvalue weighted by Gasteiger charge is -2.10. The second-order valence-electron chi connectivity index (χ2n) is 3.46. The summed E-state index contributed by atoms with van der Waals surface area (Å²) in [6.45, 7) is 1.64. The van der Waals surface area contributed by atoms with Gasteiger partial charge < -0.3 is 10.2 Å². The molecule has 2 unspecified atom stereocenters. The highest BCUT2D eigenvalue weighted by atomic mass is 79.9. The van der Waals surface area contributed by atoms with Crippen LogP contribution >= 0.6 is 27.5 Å². The van der Waals surface area contributed by atoms with Crippen LogP contribution in [-0.4, -0.2) is 26.8 Å². The quantitative estimate of drug-likeness (QED) is 0.660. The first-order valence-electron chi connectivity index (χ1n) is 4.73. The van der Waals surface area contributed by atoms with E-state index in [1.807, 2.05) is 0 Å². The van der Waals surface area contributed by atoms with Crippen LogP contribution in [0.4, 0.5) is 0 Å². The molecule has 0 heterocycles.